The second-order valence-electron chi connectivity index (χ2n) is 5.89. The summed E-state index contributed by atoms with van der Waals surface area (Å²) < 4.78 is 63.7. The molecule has 1 saturated heterocycles. The van der Waals surface area contributed by atoms with E-state index in [2.05, 4.69) is 10.2 Å². The number of nitrogens with one attached hydrogen (secondary N) is 1. The van der Waals surface area contributed by atoms with Crippen molar-refractivity contribution in [2.45, 2.75) is 18.3 Å². The molecule has 5 nitrogen and oxygen atoms in total. The summed E-state index contributed by atoms with van der Waals surface area (Å²) in [7, 11) is -3.43. The number of halogens is 3. The average Bonchev–Trinajstić information content (AvgIpc) is 3.14. The maximum absolute atomic E-state index is 13.1. The van der Waals surface area contributed by atoms with Crippen molar-refractivity contribution in [1.82, 2.24) is 14.5 Å². The van der Waals surface area contributed by atoms with E-state index in [-0.39, 0.29) is 30.6 Å². The summed E-state index contributed by atoms with van der Waals surface area (Å²) in [5, 5.41) is 6.17. The molecule has 0 amide bonds. The Bertz CT molecular complexity index is 821. The lowest BCUT2D eigenvalue weighted by Crippen LogP contribution is -2.27. The number of benzene rings is 1. The molecule has 0 saturated carbocycles. The van der Waals surface area contributed by atoms with Crippen LogP contribution < -0.4 is 0 Å². The highest BCUT2D eigenvalue weighted by Crippen LogP contribution is 2.40. The van der Waals surface area contributed by atoms with Gasteiger partial charge in [-0.2, -0.15) is 5.10 Å². The van der Waals surface area contributed by atoms with Crippen LogP contribution in [0.3, 0.4) is 0 Å². The number of nitrogens with zero attached hydrogens (tertiary/aromatic N) is 2. The average molecular weight is 359 g/mol. The third-order valence-electron chi connectivity index (χ3n) is 4.29. The molecule has 9 heteroatoms. The fourth-order valence-corrected chi connectivity index (χ4v) is 3.92. The lowest BCUT2D eigenvalue weighted by Gasteiger charge is -2.17. The van der Waals surface area contributed by atoms with Gasteiger partial charge in [0.2, 0.25) is 10.0 Å². The number of sulfonamides is 1. The summed E-state index contributed by atoms with van der Waals surface area (Å²) >= 11 is 0. The highest BCUT2D eigenvalue weighted by atomic mass is 32.2. The molecular formula is C15H16F3N3O2S. The first-order chi connectivity index (χ1) is 11.3. The predicted octanol–water partition coefficient (Wildman–Crippen LogP) is 2.63. The Morgan fingerprint density at radius 3 is 2.38 bits per heavy atom. The SMILES string of the molecule is CS(=O)(=O)N1C[C@@H](c2ccc(F)cc2)[C@H](c2cc(C(F)F)n[nH]2)C1. The van der Waals surface area contributed by atoms with E-state index in [1.165, 1.54) is 22.5 Å². The van der Waals surface area contributed by atoms with Crippen LogP contribution in [-0.2, 0) is 10.0 Å². The fraction of sp³-hybridized carbons (Fsp3) is 0.400. The molecule has 2 atom stereocenters. The third-order valence-corrected chi connectivity index (χ3v) is 5.53. The van der Waals surface area contributed by atoms with Crippen molar-refractivity contribution >= 4 is 10.0 Å². The van der Waals surface area contributed by atoms with E-state index in [0.717, 1.165) is 11.8 Å². The summed E-state index contributed by atoms with van der Waals surface area (Å²) in [5.41, 5.74) is 0.826. The molecule has 130 valence electrons. The number of hydrogen-bond acceptors (Lipinski definition) is 3. The largest absolute Gasteiger partial charge is 0.282 e. The minimum Gasteiger partial charge on any atom is -0.282 e. The molecule has 3 rings (SSSR count). The Morgan fingerprint density at radius 1 is 1.21 bits per heavy atom. The van der Waals surface area contributed by atoms with Crippen LogP contribution in [0.25, 0.3) is 0 Å². The second kappa shape index (κ2) is 6.21. The van der Waals surface area contributed by atoms with Gasteiger partial charge in [-0.05, 0) is 23.8 Å². The van der Waals surface area contributed by atoms with Crippen LogP contribution in [0.15, 0.2) is 30.3 Å². The zero-order chi connectivity index (χ0) is 17.5. The van der Waals surface area contributed by atoms with E-state index >= 15 is 0 Å². The molecule has 1 aliphatic heterocycles. The van der Waals surface area contributed by atoms with Crippen molar-refractivity contribution in [3.8, 4) is 0 Å². The monoisotopic (exact) mass is 359 g/mol. The molecular weight excluding hydrogens is 343 g/mol. The molecule has 1 N–H and O–H groups in total. The molecule has 0 radical (unpaired) electrons. The molecule has 0 aliphatic carbocycles. The van der Waals surface area contributed by atoms with Crippen LogP contribution >= 0.6 is 0 Å². The van der Waals surface area contributed by atoms with Gasteiger partial charge in [0, 0.05) is 30.6 Å². The minimum absolute atomic E-state index is 0.158. The number of rotatable bonds is 4. The Kier molecular flexibility index (Phi) is 4.39. The highest BCUT2D eigenvalue weighted by Gasteiger charge is 2.39. The molecule has 1 aliphatic rings. The van der Waals surface area contributed by atoms with Gasteiger partial charge in [0.05, 0.1) is 6.26 Å². The van der Waals surface area contributed by atoms with Gasteiger partial charge in [-0.3, -0.25) is 5.10 Å². The quantitative estimate of drug-likeness (QED) is 0.913. The van der Waals surface area contributed by atoms with Crippen LogP contribution in [0, 0.1) is 5.82 Å². The molecule has 0 unspecified atom stereocenters. The summed E-state index contributed by atoms with van der Waals surface area (Å²) in [6.45, 7) is 0.365. The van der Waals surface area contributed by atoms with Gasteiger partial charge in [-0.15, -0.1) is 0 Å². The predicted molar refractivity (Wildman–Crippen MR) is 81.8 cm³/mol. The molecule has 0 spiro atoms. The molecule has 24 heavy (non-hydrogen) atoms. The second-order valence-corrected chi connectivity index (χ2v) is 7.88. The van der Waals surface area contributed by atoms with E-state index in [1.54, 1.807) is 12.1 Å². The van der Waals surface area contributed by atoms with Gasteiger partial charge in [-0.1, -0.05) is 12.1 Å². The Hall–Kier alpha value is -1.87. The Labute approximate surface area is 137 Å². The van der Waals surface area contributed by atoms with Crippen molar-refractivity contribution in [1.29, 1.82) is 0 Å². The fourth-order valence-electron chi connectivity index (χ4n) is 3.06. The van der Waals surface area contributed by atoms with Crippen LogP contribution in [-0.4, -0.2) is 42.3 Å². The van der Waals surface area contributed by atoms with Gasteiger partial charge in [-0.25, -0.2) is 25.9 Å². The molecule has 1 aromatic heterocycles. The van der Waals surface area contributed by atoms with Crippen molar-refractivity contribution in [3.05, 3.63) is 53.1 Å². The van der Waals surface area contributed by atoms with Crippen LogP contribution in [0.1, 0.15) is 35.2 Å². The van der Waals surface area contributed by atoms with E-state index in [1.807, 2.05) is 0 Å². The van der Waals surface area contributed by atoms with E-state index in [4.69, 9.17) is 0 Å². The lowest BCUT2D eigenvalue weighted by atomic mass is 9.87. The van der Waals surface area contributed by atoms with Gasteiger partial charge < -0.3 is 0 Å². The zero-order valence-corrected chi connectivity index (χ0v) is 13.6. The number of aromatic nitrogens is 2. The van der Waals surface area contributed by atoms with E-state index in [9.17, 15) is 21.6 Å². The molecule has 0 bridgehead atoms. The Morgan fingerprint density at radius 2 is 1.83 bits per heavy atom. The van der Waals surface area contributed by atoms with Crippen molar-refractivity contribution < 1.29 is 21.6 Å². The Balaban J connectivity index is 1.97. The molecule has 2 heterocycles. The molecule has 1 fully saturated rings. The standard InChI is InChI=1S/C15H16F3N3O2S/c1-24(22,23)21-7-11(9-2-4-10(16)5-3-9)12(8-21)13-6-14(15(17)18)20-19-13/h2-6,11-12,15H,7-8H2,1H3,(H,19,20)/t11-,12+/m0/s1. The summed E-state index contributed by atoms with van der Waals surface area (Å²) in [4.78, 5) is 0. The third kappa shape index (κ3) is 3.32. The van der Waals surface area contributed by atoms with Crippen molar-refractivity contribution in [2.24, 2.45) is 0 Å². The summed E-state index contributed by atoms with van der Waals surface area (Å²) in [6, 6.07) is 7.03. The number of hydrogen-bond donors (Lipinski definition) is 1. The van der Waals surface area contributed by atoms with Crippen LogP contribution in [0.2, 0.25) is 0 Å². The first kappa shape index (κ1) is 17.0. The summed E-state index contributed by atoms with van der Waals surface area (Å²) in [6.07, 6.45) is -1.60. The first-order valence-electron chi connectivity index (χ1n) is 7.29. The van der Waals surface area contributed by atoms with Gasteiger partial charge in [0.15, 0.2) is 0 Å². The normalized spacial score (nSPS) is 22.4. The highest BCUT2D eigenvalue weighted by molar-refractivity contribution is 7.88. The molecule has 1 aromatic carbocycles. The van der Waals surface area contributed by atoms with Crippen LogP contribution in [0.5, 0.6) is 0 Å². The summed E-state index contributed by atoms with van der Waals surface area (Å²) in [5.74, 6) is -1.02. The molecule has 2 aromatic rings. The van der Waals surface area contributed by atoms with Crippen LogP contribution in [0.4, 0.5) is 13.2 Å². The maximum Gasteiger partial charge on any atom is 0.282 e. The van der Waals surface area contributed by atoms with Gasteiger partial charge >= 0.3 is 0 Å². The van der Waals surface area contributed by atoms with Crippen molar-refractivity contribution in [2.75, 3.05) is 19.3 Å². The number of H-pyrrole nitrogens is 1. The van der Waals surface area contributed by atoms with Gasteiger partial charge in [0.1, 0.15) is 11.5 Å². The first-order valence-corrected chi connectivity index (χ1v) is 9.14. The smallest absolute Gasteiger partial charge is 0.282 e. The maximum atomic E-state index is 13.1. The number of alkyl halides is 2. The van der Waals surface area contributed by atoms with E-state index in [0.29, 0.717) is 5.69 Å². The minimum atomic E-state index is -3.43. The zero-order valence-electron chi connectivity index (χ0n) is 12.8. The van der Waals surface area contributed by atoms with E-state index < -0.39 is 22.3 Å². The number of aromatic amines is 1. The van der Waals surface area contributed by atoms with Crippen molar-refractivity contribution in [3.63, 3.8) is 0 Å². The topological polar surface area (TPSA) is 66.1 Å². The lowest BCUT2D eigenvalue weighted by molar-refractivity contribution is 0.146. The van der Waals surface area contributed by atoms with Gasteiger partial charge in [0.25, 0.3) is 6.43 Å².